The number of hydrogen-bond donors (Lipinski definition) is 4. The van der Waals surface area contributed by atoms with Gasteiger partial charge < -0.3 is 15.0 Å². The Morgan fingerprint density at radius 3 is 2.88 bits per heavy atom. The summed E-state index contributed by atoms with van der Waals surface area (Å²) < 4.78 is 5.52. The fraction of sp³-hybridized carbons (Fsp3) is 1.00. The number of nitrogens with two attached hydrogens (primary N) is 1. The van der Waals surface area contributed by atoms with Gasteiger partial charge in [0.2, 0.25) is 0 Å². The van der Waals surface area contributed by atoms with Crippen molar-refractivity contribution in [3.63, 3.8) is 0 Å². The van der Waals surface area contributed by atoms with Gasteiger partial charge in [0.1, 0.15) is 12.2 Å². The van der Waals surface area contributed by atoms with Crippen LogP contribution >= 0.6 is 0 Å². The molecular formula is C19H39N5O2+2. The van der Waals surface area contributed by atoms with Crippen molar-refractivity contribution >= 4 is 0 Å². The molecule has 0 spiro atoms. The highest BCUT2D eigenvalue weighted by molar-refractivity contribution is 4.85. The molecule has 4 fully saturated rings. The van der Waals surface area contributed by atoms with Gasteiger partial charge >= 0.3 is 0 Å². The number of hydroxylamine groups is 1. The van der Waals surface area contributed by atoms with Gasteiger partial charge in [0.25, 0.3) is 0 Å². The molecule has 0 bridgehead atoms. The third kappa shape index (κ3) is 4.41. The molecule has 7 nitrogen and oxygen atoms in total. The van der Waals surface area contributed by atoms with E-state index in [1.54, 1.807) is 4.90 Å². The number of piperidine rings is 1. The molecule has 5 N–H and O–H groups in total. The Kier molecular flexibility index (Phi) is 6.46. The van der Waals surface area contributed by atoms with E-state index in [-0.39, 0.29) is 6.23 Å². The molecule has 7 heteroatoms. The van der Waals surface area contributed by atoms with E-state index < -0.39 is 0 Å². The Morgan fingerprint density at radius 1 is 1.23 bits per heavy atom. The van der Waals surface area contributed by atoms with Gasteiger partial charge in [-0.05, 0) is 0 Å². The second-order valence-electron chi connectivity index (χ2n) is 9.08. The molecule has 0 aromatic rings. The molecule has 4 aliphatic heterocycles. The number of likely N-dealkylation sites (tertiary alicyclic amines) is 1. The second-order valence-corrected chi connectivity index (χ2v) is 9.08. The fourth-order valence-corrected chi connectivity index (χ4v) is 5.44. The molecule has 26 heavy (non-hydrogen) atoms. The van der Waals surface area contributed by atoms with Crippen LogP contribution in [0.5, 0.6) is 0 Å². The van der Waals surface area contributed by atoms with Crippen LogP contribution in [0.1, 0.15) is 39.5 Å². The van der Waals surface area contributed by atoms with Crippen LogP contribution in [0.3, 0.4) is 0 Å². The smallest absolute Gasteiger partial charge is 0.183 e. The number of ether oxygens (including phenoxy) is 1. The van der Waals surface area contributed by atoms with Crippen LogP contribution in [0.2, 0.25) is 0 Å². The molecule has 0 aromatic heterocycles. The SMILES string of the molecule is CC(C)C[NH+]1CCCC1C1NC(C2CC[NH2+]C(N3CCOCC3)C2)NO1. The lowest BCUT2D eigenvalue weighted by Gasteiger charge is -2.38. The van der Waals surface area contributed by atoms with E-state index in [0.29, 0.717) is 24.3 Å². The van der Waals surface area contributed by atoms with Crippen LogP contribution in [-0.2, 0) is 9.57 Å². The van der Waals surface area contributed by atoms with E-state index in [1.165, 1.54) is 45.3 Å². The molecule has 6 unspecified atom stereocenters. The topological polar surface area (TPSA) is 66.8 Å². The van der Waals surface area contributed by atoms with Crippen molar-refractivity contribution in [1.29, 1.82) is 0 Å². The summed E-state index contributed by atoms with van der Waals surface area (Å²) in [5.74, 6) is 1.40. The summed E-state index contributed by atoms with van der Waals surface area (Å²) in [4.78, 5) is 10.4. The summed E-state index contributed by atoms with van der Waals surface area (Å²) in [6.07, 6.45) is 6.18. The zero-order valence-electron chi connectivity index (χ0n) is 16.6. The fourth-order valence-electron chi connectivity index (χ4n) is 5.44. The highest BCUT2D eigenvalue weighted by Gasteiger charge is 2.44. The van der Waals surface area contributed by atoms with Crippen LogP contribution in [0.4, 0.5) is 0 Å². The third-order valence-electron chi connectivity index (χ3n) is 6.75. The van der Waals surface area contributed by atoms with Crippen LogP contribution in [0.25, 0.3) is 0 Å². The summed E-state index contributed by atoms with van der Waals surface area (Å²) in [5.41, 5.74) is 3.37. The van der Waals surface area contributed by atoms with Crippen LogP contribution in [0, 0.1) is 11.8 Å². The largest absolute Gasteiger partial charge is 0.379 e. The predicted octanol–water partition coefficient (Wildman–Crippen LogP) is -1.90. The minimum Gasteiger partial charge on any atom is -0.379 e. The normalized spacial score (nSPS) is 42.6. The zero-order chi connectivity index (χ0) is 17.9. The Morgan fingerprint density at radius 2 is 2.08 bits per heavy atom. The first-order valence-electron chi connectivity index (χ1n) is 10.9. The molecule has 4 rings (SSSR count). The first-order valence-corrected chi connectivity index (χ1v) is 10.9. The lowest BCUT2D eigenvalue weighted by atomic mass is 9.92. The summed E-state index contributed by atoms with van der Waals surface area (Å²) in [6, 6.07) is 0.597. The molecule has 0 amide bonds. The van der Waals surface area contributed by atoms with Gasteiger partial charge in [-0.3, -0.25) is 10.2 Å². The molecule has 4 saturated heterocycles. The summed E-state index contributed by atoms with van der Waals surface area (Å²) in [5, 5.41) is 6.35. The molecule has 0 aliphatic carbocycles. The van der Waals surface area contributed by atoms with E-state index in [1.807, 2.05) is 0 Å². The number of rotatable bonds is 5. The van der Waals surface area contributed by atoms with Gasteiger partial charge in [0, 0.05) is 50.6 Å². The number of morpholine rings is 1. The Hall–Kier alpha value is -0.280. The molecular weight excluding hydrogens is 330 g/mol. The van der Waals surface area contributed by atoms with Crippen molar-refractivity contribution < 1.29 is 19.8 Å². The first kappa shape index (κ1) is 19.1. The maximum atomic E-state index is 6.07. The van der Waals surface area contributed by atoms with Gasteiger partial charge in [-0.25, -0.2) is 4.90 Å². The number of nitrogens with zero attached hydrogens (tertiary/aromatic N) is 1. The molecule has 4 aliphatic rings. The van der Waals surface area contributed by atoms with Crippen molar-refractivity contribution in [2.45, 2.75) is 64.1 Å². The molecule has 0 aromatic carbocycles. The van der Waals surface area contributed by atoms with E-state index in [0.717, 1.165) is 32.2 Å². The van der Waals surface area contributed by atoms with E-state index in [4.69, 9.17) is 9.57 Å². The van der Waals surface area contributed by atoms with E-state index in [2.05, 4.69) is 34.9 Å². The van der Waals surface area contributed by atoms with Crippen molar-refractivity contribution in [2.24, 2.45) is 11.8 Å². The number of hydrogen-bond acceptors (Lipinski definition) is 5. The predicted molar refractivity (Wildman–Crippen MR) is 99.2 cm³/mol. The van der Waals surface area contributed by atoms with Crippen molar-refractivity contribution in [3.05, 3.63) is 0 Å². The highest BCUT2D eigenvalue weighted by Crippen LogP contribution is 2.22. The average molecular weight is 370 g/mol. The zero-order valence-corrected chi connectivity index (χ0v) is 16.6. The molecule has 0 saturated carbocycles. The Labute approximate surface area is 158 Å². The quantitative estimate of drug-likeness (QED) is 0.456. The Balaban J connectivity index is 1.30. The van der Waals surface area contributed by atoms with Crippen molar-refractivity contribution in [1.82, 2.24) is 15.7 Å². The van der Waals surface area contributed by atoms with Crippen molar-refractivity contribution in [3.8, 4) is 0 Å². The standard InChI is InChI=1S/C19H37N5O2/c1-14(2)13-24-7-3-4-16(24)19-21-18(22-26-19)15-5-6-20-17(12-15)23-8-10-25-11-9-23/h14-22H,3-13H2,1-2H3/p+2. The Bertz CT molecular complexity index is 446. The monoisotopic (exact) mass is 369 g/mol. The van der Waals surface area contributed by atoms with Gasteiger partial charge in [-0.15, -0.1) is 0 Å². The maximum Gasteiger partial charge on any atom is 0.183 e. The van der Waals surface area contributed by atoms with Gasteiger partial charge in [-0.2, -0.15) is 5.48 Å². The summed E-state index contributed by atoms with van der Waals surface area (Å²) >= 11 is 0. The van der Waals surface area contributed by atoms with E-state index >= 15 is 0 Å². The van der Waals surface area contributed by atoms with Gasteiger partial charge in [0.05, 0.1) is 39.0 Å². The van der Waals surface area contributed by atoms with Crippen LogP contribution in [-0.4, -0.2) is 75.4 Å². The first-order chi connectivity index (χ1) is 12.7. The third-order valence-corrected chi connectivity index (χ3v) is 6.75. The molecule has 4 heterocycles. The minimum atomic E-state index is 0.170. The second kappa shape index (κ2) is 8.82. The molecule has 0 radical (unpaired) electrons. The number of nitrogens with one attached hydrogen (secondary N) is 3. The average Bonchev–Trinajstić information content (AvgIpc) is 3.31. The number of quaternary nitrogens is 2. The lowest BCUT2D eigenvalue weighted by molar-refractivity contribution is -0.919. The maximum absolute atomic E-state index is 6.07. The van der Waals surface area contributed by atoms with E-state index in [9.17, 15) is 0 Å². The van der Waals surface area contributed by atoms with Gasteiger partial charge in [0.15, 0.2) is 6.23 Å². The van der Waals surface area contributed by atoms with Gasteiger partial charge in [-0.1, -0.05) is 13.8 Å². The lowest BCUT2D eigenvalue weighted by Crippen LogP contribution is -3.15. The van der Waals surface area contributed by atoms with Crippen molar-refractivity contribution in [2.75, 3.05) is 45.9 Å². The van der Waals surface area contributed by atoms with Crippen LogP contribution < -0.4 is 21.0 Å². The highest BCUT2D eigenvalue weighted by atomic mass is 16.7. The molecule has 6 atom stereocenters. The summed E-state index contributed by atoms with van der Waals surface area (Å²) in [6.45, 7) is 12.4. The molecule has 150 valence electrons. The van der Waals surface area contributed by atoms with Crippen LogP contribution in [0.15, 0.2) is 0 Å². The minimum absolute atomic E-state index is 0.170. The summed E-state index contributed by atoms with van der Waals surface area (Å²) in [7, 11) is 0.